The fourth-order valence-electron chi connectivity index (χ4n) is 2.52. The number of nitrogens with one attached hydrogen (secondary N) is 1. The number of hydrogen-bond donors (Lipinski definition) is 1. The van der Waals surface area contributed by atoms with Gasteiger partial charge in [0, 0.05) is 13.1 Å². The third kappa shape index (κ3) is 3.66. The summed E-state index contributed by atoms with van der Waals surface area (Å²) < 4.78 is 26.0. The maximum absolute atomic E-state index is 12.1. The maximum atomic E-state index is 12.1. The van der Waals surface area contributed by atoms with E-state index in [1.165, 1.54) is 0 Å². The SMILES string of the molecule is CCC1(CC)CCN(S(=O)(=O)CCCNC)C1. The fraction of sp³-hybridized carbons (Fsp3) is 1.00. The summed E-state index contributed by atoms with van der Waals surface area (Å²) in [6.45, 7) is 6.53. The predicted molar refractivity (Wildman–Crippen MR) is 71.5 cm³/mol. The Labute approximate surface area is 106 Å². The molecule has 0 saturated carbocycles. The zero-order valence-electron chi connectivity index (χ0n) is 11.3. The molecule has 1 rings (SSSR count). The molecule has 0 atom stereocenters. The molecule has 0 aromatic carbocycles. The molecule has 0 spiro atoms. The van der Waals surface area contributed by atoms with Crippen molar-refractivity contribution in [3.8, 4) is 0 Å². The average Bonchev–Trinajstić information content (AvgIpc) is 2.75. The van der Waals surface area contributed by atoms with Crippen molar-refractivity contribution in [2.75, 3.05) is 32.4 Å². The van der Waals surface area contributed by atoms with Gasteiger partial charge in [-0.25, -0.2) is 12.7 Å². The third-order valence-electron chi connectivity index (χ3n) is 4.13. The highest BCUT2D eigenvalue weighted by Crippen LogP contribution is 2.38. The number of nitrogens with zero attached hydrogens (tertiary/aromatic N) is 1. The van der Waals surface area contributed by atoms with Crippen LogP contribution in [0.1, 0.15) is 39.5 Å². The first kappa shape index (κ1) is 14.9. The van der Waals surface area contributed by atoms with Gasteiger partial charge in [0.25, 0.3) is 0 Å². The summed E-state index contributed by atoms with van der Waals surface area (Å²) in [5.74, 6) is 0.275. The van der Waals surface area contributed by atoms with E-state index in [2.05, 4.69) is 19.2 Å². The van der Waals surface area contributed by atoms with Crippen LogP contribution in [0, 0.1) is 5.41 Å². The molecular weight excluding hydrogens is 236 g/mol. The van der Waals surface area contributed by atoms with Gasteiger partial charge in [-0.05, 0) is 44.7 Å². The molecule has 0 aromatic rings. The van der Waals surface area contributed by atoms with E-state index in [0.29, 0.717) is 13.0 Å². The van der Waals surface area contributed by atoms with E-state index >= 15 is 0 Å². The largest absolute Gasteiger partial charge is 0.320 e. The van der Waals surface area contributed by atoms with Crippen LogP contribution in [0.4, 0.5) is 0 Å². The minimum Gasteiger partial charge on any atom is -0.320 e. The minimum absolute atomic E-state index is 0.232. The fourth-order valence-corrected chi connectivity index (χ4v) is 4.13. The summed E-state index contributed by atoms with van der Waals surface area (Å²) in [4.78, 5) is 0. The minimum atomic E-state index is -3.03. The Kier molecular flexibility index (Phi) is 5.41. The van der Waals surface area contributed by atoms with E-state index in [0.717, 1.165) is 32.4 Å². The van der Waals surface area contributed by atoms with E-state index in [4.69, 9.17) is 0 Å². The molecule has 1 aliphatic rings. The Bertz CT molecular complexity index is 323. The van der Waals surface area contributed by atoms with Gasteiger partial charge >= 0.3 is 0 Å². The summed E-state index contributed by atoms with van der Waals surface area (Å²) in [5, 5.41) is 2.99. The zero-order chi connectivity index (χ0) is 12.9. The summed E-state index contributed by atoms with van der Waals surface area (Å²) in [5.41, 5.74) is 0.232. The van der Waals surface area contributed by atoms with Crippen molar-refractivity contribution in [2.24, 2.45) is 5.41 Å². The van der Waals surface area contributed by atoms with Crippen LogP contribution in [-0.4, -0.2) is 45.2 Å². The predicted octanol–water partition coefficient (Wildman–Crippen LogP) is 1.44. The van der Waals surface area contributed by atoms with Crippen LogP contribution in [0.3, 0.4) is 0 Å². The van der Waals surface area contributed by atoms with Crippen molar-refractivity contribution in [2.45, 2.75) is 39.5 Å². The molecular formula is C12H26N2O2S. The second-order valence-corrected chi connectivity index (χ2v) is 7.15. The van der Waals surface area contributed by atoms with E-state index in [-0.39, 0.29) is 11.2 Å². The van der Waals surface area contributed by atoms with Crippen molar-refractivity contribution < 1.29 is 8.42 Å². The number of hydrogen-bond acceptors (Lipinski definition) is 3. The molecule has 0 aromatic heterocycles. The van der Waals surface area contributed by atoms with Gasteiger partial charge in [-0.1, -0.05) is 13.8 Å². The summed E-state index contributed by atoms with van der Waals surface area (Å²) in [6, 6.07) is 0. The van der Waals surface area contributed by atoms with Gasteiger partial charge in [0.05, 0.1) is 5.75 Å². The summed E-state index contributed by atoms with van der Waals surface area (Å²) in [7, 11) is -1.18. The van der Waals surface area contributed by atoms with E-state index in [1.807, 2.05) is 7.05 Å². The number of sulfonamides is 1. The zero-order valence-corrected chi connectivity index (χ0v) is 12.1. The van der Waals surface area contributed by atoms with Crippen LogP contribution in [-0.2, 0) is 10.0 Å². The average molecular weight is 262 g/mol. The lowest BCUT2D eigenvalue weighted by Crippen LogP contribution is -2.34. The van der Waals surface area contributed by atoms with Crippen LogP contribution in [0.2, 0.25) is 0 Å². The Morgan fingerprint density at radius 3 is 2.41 bits per heavy atom. The molecule has 0 unspecified atom stereocenters. The number of rotatable bonds is 7. The van der Waals surface area contributed by atoms with Crippen LogP contribution < -0.4 is 5.32 Å². The van der Waals surface area contributed by atoms with Gasteiger partial charge in [-0.3, -0.25) is 0 Å². The Morgan fingerprint density at radius 2 is 1.94 bits per heavy atom. The molecule has 1 N–H and O–H groups in total. The monoisotopic (exact) mass is 262 g/mol. The maximum Gasteiger partial charge on any atom is 0.214 e. The standard InChI is InChI=1S/C12H26N2O2S/c1-4-12(5-2)7-9-14(11-12)17(15,16)10-6-8-13-3/h13H,4-11H2,1-3H3. The first-order chi connectivity index (χ1) is 7.99. The van der Waals surface area contributed by atoms with Gasteiger partial charge in [0.2, 0.25) is 10.0 Å². The second-order valence-electron chi connectivity index (χ2n) is 5.06. The quantitative estimate of drug-likeness (QED) is 0.706. The highest BCUT2D eigenvalue weighted by atomic mass is 32.2. The Balaban J connectivity index is 2.57. The molecule has 1 fully saturated rings. The lowest BCUT2D eigenvalue weighted by molar-refractivity contribution is 0.279. The van der Waals surface area contributed by atoms with Crippen molar-refractivity contribution in [1.82, 2.24) is 9.62 Å². The Hall–Kier alpha value is -0.130. The summed E-state index contributed by atoms with van der Waals surface area (Å²) >= 11 is 0. The normalized spacial score (nSPS) is 20.9. The first-order valence-electron chi connectivity index (χ1n) is 6.62. The molecule has 0 radical (unpaired) electrons. The first-order valence-corrected chi connectivity index (χ1v) is 8.23. The summed E-state index contributed by atoms with van der Waals surface area (Å²) in [6.07, 6.45) is 3.86. The molecule has 102 valence electrons. The van der Waals surface area contributed by atoms with E-state index in [9.17, 15) is 8.42 Å². The van der Waals surface area contributed by atoms with Gasteiger partial charge in [-0.2, -0.15) is 0 Å². The molecule has 4 nitrogen and oxygen atoms in total. The van der Waals surface area contributed by atoms with Crippen LogP contribution >= 0.6 is 0 Å². The van der Waals surface area contributed by atoms with Crippen molar-refractivity contribution in [3.63, 3.8) is 0 Å². The molecule has 0 amide bonds. The second kappa shape index (κ2) is 6.16. The lowest BCUT2D eigenvalue weighted by Gasteiger charge is -2.26. The van der Waals surface area contributed by atoms with Gasteiger partial charge in [0.1, 0.15) is 0 Å². The van der Waals surface area contributed by atoms with Crippen molar-refractivity contribution in [3.05, 3.63) is 0 Å². The van der Waals surface area contributed by atoms with Gasteiger partial charge in [0.15, 0.2) is 0 Å². The Morgan fingerprint density at radius 1 is 1.29 bits per heavy atom. The highest BCUT2D eigenvalue weighted by Gasteiger charge is 2.39. The molecule has 5 heteroatoms. The topological polar surface area (TPSA) is 49.4 Å². The van der Waals surface area contributed by atoms with Crippen molar-refractivity contribution in [1.29, 1.82) is 0 Å². The van der Waals surface area contributed by atoms with Crippen LogP contribution in [0.5, 0.6) is 0 Å². The van der Waals surface area contributed by atoms with Gasteiger partial charge in [-0.15, -0.1) is 0 Å². The molecule has 1 heterocycles. The lowest BCUT2D eigenvalue weighted by atomic mass is 9.82. The molecule has 1 saturated heterocycles. The molecule has 0 aliphatic carbocycles. The van der Waals surface area contributed by atoms with E-state index in [1.54, 1.807) is 4.31 Å². The third-order valence-corrected chi connectivity index (χ3v) is 6.03. The van der Waals surface area contributed by atoms with Crippen LogP contribution in [0.15, 0.2) is 0 Å². The highest BCUT2D eigenvalue weighted by molar-refractivity contribution is 7.89. The molecule has 1 aliphatic heterocycles. The molecule has 17 heavy (non-hydrogen) atoms. The van der Waals surface area contributed by atoms with Crippen LogP contribution in [0.25, 0.3) is 0 Å². The smallest absolute Gasteiger partial charge is 0.214 e. The van der Waals surface area contributed by atoms with E-state index < -0.39 is 10.0 Å². The van der Waals surface area contributed by atoms with Crippen molar-refractivity contribution >= 4 is 10.0 Å². The van der Waals surface area contributed by atoms with Gasteiger partial charge < -0.3 is 5.32 Å². The molecule has 0 bridgehead atoms.